The summed E-state index contributed by atoms with van der Waals surface area (Å²) in [6.45, 7) is 3.65. The molecule has 0 aliphatic carbocycles. The monoisotopic (exact) mass is 260 g/mol. The second-order valence-electron chi connectivity index (χ2n) is 5.11. The first-order chi connectivity index (χ1) is 8.08. The number of benzene rings is 1. The van der Waals surface area contributed by atoms with Gasteiger partial charge in [-0.25, -0.2) is 0 Å². The highest BCUT2D eigenvalue weighted by atomic mass is 19.4. The van der Waals surface area contributed by atoms with Crippen molar-refractivity contribution >= 4 is 0 Å². The summed E-state index contributed by atoms with van der Waals surface area (Å²) in [6, 6.07) is 4.75. The predicted molar refractivity (Wildman–Crippen MR) is 66.1 cm³/mol. The molecule has 102 valence electrons. The topological polar surface area (TPSA) is 29.3 Å². The van der Waals surface area contributed by atoms with Crippen LogP contribution in [0.1, 0.15) is 31.0 Å². The molecule has 5 heteroatoms. The summed E-state index contributed by atoms with van der Waals surface area (Å²) in [6.07, 6.45) is -4.38. The quantitative estimate of drug-likeness (QED) is 0.905. The highest BCUT2D eigenvalue weighted by Crippen LogP contribution is 2.37. The molecule has 1 atom stereocenters. The van der Waals surface area contributed by atoms with Gasteiger partial charge in [0.25, 0.3) is 0 Å². The van der Waals surface area contributed by atoms with Gasteiger partial charge in [-0.2, -0.15) is 13.2 Å². The Balaban J connectivity index is 3.26. The molecule has 0 aliphatic rings. The zero-order valence-electron chi connectivity index (χ0n) is 11.0. The predicted octanol–water partition coefficient (Wildman–Crippen LogP) is 3.05. The molecule has 18 heavy (non-hydrogen) atoms. The van der Waals surface area contributed by atoms with E-state index in [0.717, 1.165) is 6.07 Å². The molecule has 0 fully saturated rings. The van der Waals surface area contributed by atoms with Crippen LogP contribution in [0.15, 0.2) is 24.3 Å². The van der Waals surface area contributed by atoms with Crippen molar-refractivity contribution in [1.29, 1.82) is 0 Å². The number of rotatable bonds is 3. The van der Waals surface area contributed by atoms with Crippen molar-refractivity contribution in [3.8, 4) is 0 Å². The molecule has 0 amide bonds. The number of nitrogens with two attached hydrogens (primary N) is 1. The molecule has 1 unspecified atom stereocenters. The molecule has 0 heterocycles. The Morgan fingerprint density at radius 1 is 1.11 bits per heavy atom. The summed E-state index contributed by atoms with van der Waals surface area (Å²) in [5.41, 5.74) is 4.93. The second kappa shape index (κ2) is 4.90. The number of halogens is 3. The summed E-state index contributed by atoms with van der Waals surface area (Å²) in [4.78, 5) is 1.82. The molecular formula is C13H19F3N2. The summed E-state index contributed by atoms with van der Waals surface area (Å²) in [5.74, 6) is 0. The van der Waals surface area contributed by atoms with Crippen molar-refractivity contribution in [3.63, 3.8) is 0 Å². The first-order valence-electron chi connectivity index (χ1n) is 5.67. The van der Waals surface area contributed by atoms with Gasteiger partial charge in [-0.3, -0.25) is 0 Å². The molecule has 0 aromatic heterocycles. The Bertz CT molecular complexity index is 411. The van der Waals surface area contributed by atoms with E-state index >= 15 is 0 Å². The van der Waals surface area contributed by atoms with Gasteiger partial charge >= 0.3 is 6.18 Å². The molecule has 0 radical (unpaired) electrons. The average Bonchev–Trinajstić information content (AvgIpc) is 2.26. The normalized spacial score (nSPS) is 14.9. The van der Waals surface area contributed by atoms with Gasteiger partial charge in [0.2, 0.25) is 0 Å². The fourth-order valence-electron chi connectivity index (χ4n) is 1.69. The van der Waals surface area contributed by atoms with Crippen LogP contribution in [0, 0.1) is 0 Å². The van der Waals surface area contributed by atoms with Gasteiger partial charge < -0.3 is 10.6 Å². The van der Waals surface area contributed by atoms with Gasteiger partial charge in [0.15, 0.2) is 0 Å². The first-order valence-corrected chi connectivity index (χ1v) is 5.67. The Labute approximate surface area is 106 Å². The standard InChI is InChI=1S/C13H19F3N2/c1-12(2,18(3)4)11(17)9-7-5-6-8-10(9)13(14,15)16/h5-8,11H,17H2,1-4H3. The van der Waals surface area contributed by atoms with E-state index in [1.165, 1.54) is 12.1 Å². The Kier molecular flexibility index (Phi) is 4.08. The summed E-state index contributed by atoms with van der Waals surface area (Å²) in [7, 11) is 3.60. The van der Waals surface area contributed by atoms with Crippen molar-refractivity contribution in [2.75, 3.05) is 14.1 Å². The van der Waals surface area contributed by atoms with Gasteiger partial charge in [-0.1, -0.05) is 18.2 Å². The van der Waals surface area contributed by atoms with Crippen molar-refractivity contribution in [2.24, 2.45) is 5.73 Å². The highest BCUT2D eigenvalue weighted by molar-refractivity contribution is 5.34. The van der Waals surface area contributed by atoms with Crippen LogP contribution in [0.3, 0.4) is 0 Å². The lowest BCUT2D eigenvalue weighted by Gasteiger charge is -2.39. The van der Waals surface area contributed by atoms with E-state index < -0.39 is 23.3 Å². The van der Waals surface area contributed by atoms with Gasteiger partial charge in [0.1, 0.15) is 0 Å². The van der Waals surface area contributed by atoms with E-state index in [1.807, 2.05) is 18.7 Å². The van der Waals surface area contributed by atoms with E-state index in [9.17, 15) is 13.2 Å². The third-order valence-corrected chi connectivity index (χ3v) is 3.51. The Hall–Kier alpha value is -1.07. The molecule has 1 aromatic rings. The van der Waals surface area contributed by atoms with E-state index in [2.05, 4.69) is 0 Å². The lowest BCUT2D eigenvalue weighted by atomic mass is 9.86. The maximum atomic E-state index is 12.9. The first kappa shape index (κ1) is 15.0. The largest absolute Gasteiger partial charge is 0.416 e. The summed E-state index contributed by atoms with van der Waals surface area (Å²) < 4.78 is 38.8. The molecule has 2 nitrogen and oxygen atoms in total. The molecule has 0 spiro atoms. The fourth-order valence-corrected chi connectivity index (χ4v) is 1.69. The molecule has 1 aromatic carbocycles. The third kappa shape index (κ3) is 2.84. The van der Waals surface area contributed by atoms with Crippen LogP contribution in [0.25, 0.3) is 0 Å². The van der Waals surface area contributed by atoms with Gasteiger partial charge in [0.05, 0.1) is 5.56 Å². The molecule has 1 rings (SSSR count). The minimum Gasteiger partial charge on any atom is -0.322 e. The Morgan fingerprint density at radius 3 is 2.06 bits per heavy atom. The zero-order chi connectivity index (χ0) is 14.1. The van der Waals surface area contributed by atoms with Crippen molar-refractivity contribution < 1.29 is 13.2 Å². The number of alkyl halides is 3. The van der Waals surface area contributed by atoms with Gasteiger partial charge in [-0.15, -0.1) is 0 Å². The van der Waals surface area contributed by atoms with Crippen LogP contribution < -0.4 is 5.73 Å². The van der Waals surface area contributed by atoms with E-state index in [1.54, 1.807) is 20.2 Å². The number of hydrogen-bond acceptors (Lipinski definition) is 2. The minimum atomic E-state index is -4.38. The fraction of sp³-hybridized carbons (Fsp3) is 0.538. The second-order valence-corrected chi connectivity index (χ2v) is 5.11. The Morgan fingerprint density at radius 2 is 1.61 bits per heavy atom. The smallest absolute Gasteiger partial charge is 0.322 e. The van der Waals surface area contributed by atoms with E-state index in [0.29, 0.717) is 0 Å². The third-order valence-electron chi connectivity index (χ3n) is 3.51. The zero-order valence-corrected chi connectivity index (χ0v) is 11.0. The van der Waals surface area contributed by atoms with E-state index in [-0.39, 0.29) is 5.56 Å². The van der Waals surface area contributed by atoms with Crippen LogP contribution in [-0.4, -0.2) is 24.5 Å². The minimum absolute atomic E-state index is 0.128. The van der Waals surface area contributed by atoms with Gasteiger partial charge in [-0.05, 0) is 39.6 Å². The lowest BCUT2D eigenvalue weighted by molar-refractivity contribution is -0.138. The van der Waals surface area contributed by atoms with Gasteiger partial charge in [0, 0.05) is 11.6 Å². The van der Waals surface area contributed by atoms with Crippen molar-refractivity contribution in [2.45, 2.75) is 31.6 Å². The van der Waals surface area contributed by atoms with Crippen molar-refractivity contribution in [3.05, 3.63) is 35.4 Å². The highest BCUT2D eigenvalue weighted by Gasteiger charge is 2.38. The van der Waals surface area contributed by atoms with Crippen LogP contribution in [0.5, 0.6) is 0 Å². The summed E-state index contributed by atoms with van der Waals surface area (Å²) in [5, 5.41) is 0. The lowest BCUT2D eigenvalue weighted by Crippen LogP contribution is -2.47. The number of likely N-dealkylation sites (N-methyl/N-ethyl adjacent to an activating group) is 1. The van der Waals surface area contributed by atoms with Crippen LogP contribution in [-0.2, 0) is 6.18 Å². The molecule has 0 aliphatic heterocycles. The summed E-state index contributed by atoms with van der Waals surface area (Å²) >= 11 is 0. The maximum absolute atomic E-state index is 12.9. The SMILES string of the molecule is CN(C)C(C)(C)C(N)c1ccccc1C(F)(F)F. The average molecular weight is 260 g/mol. The van der Waals surface area contributed by atoms with Crippen LogP contribution in [0.4, 0.5) is 13.2 Å². The van der Waals surface area contributed by atoms with Crippen LogP contribution >= 0.6 is 0 Å². The molecular weight excluding hydrogens is 241 g/mol. The van der Waals surface area contributed by atoms with Crippen LogP contribution in [0.2, 0.25) is 0 Å². The maximum Gasteiger partial charge on any atom is 0.416 e. The van der Waals surface area contributed by atoms with E-state index in [4.69, 9.17) is 5.73 Å². The molecule has 2 N–H and O–H groups in total. The molecule has 0 bridgehead atoms. The number of hydrogen-bond donors (Lipinski definition) is 1. The number of nitrogens with zero attached hydrogens (tertiary/aromatic N) is 1. The molecule has 0 saturated carbocycles. The molecule has 0 saturated heterocycles. The van der Waals surface area contributed by atoms with Crippen molar-refractivity contribution in [1.82, 2.24) is 4.90 Å².